The number of alkyl halides is 4. The van der Waals surface area contributed by atoms with Crippen molar-refractivity contribution in [1.82, 2.24) is 15.0 Å². The van der Waals surface area contributed by atoms with Crippen LogP contribution in [0.4, 0.5) is 28.0 Å². The molecular weight excluding hydrogens is 448 g/mol. The highest BCUT2D eigenvalue weighted by molar-refractivity contribution is 5.92. The van der Waals surface area contributed by atoms with Crippen LogP contribution in [0.1, 0.15) is 30.1 Å². The Labute approximate surface area is 188 Å². The summed E-state index contributed by atoms with van der Waals surface area (Å²) in [5, 5.41) is 13.6. The van der Waals surface area contributed by atoms with E-state index in [1.807, 2.05) is 0 Å². The number of hydrogen-bond acceptors (Lipinski definition) is 6. The van der Waals surface area contributed by atoms with E-state index in [9.17, 15) is 27.5 Å². The molecule has 1 aromatic heterocycles. The highest BCUT2D eigenvalue weighted by Crippen LogP contribution is 2.39. The van der Waals surface area contributed by atoms with E-state index in [4.69, 9.17) is 9.26 Å². The van der Waals surface area contributed by atoms with Crippen molar-refractivity contribution in [2.45, 2.75) is 38.0 Å². The lowest BCUT2D eigenvalue weighted by Crippen LogP contribution is -2.48. The van der Waals surface area contributed by atoms with Gasteiger partial charge >= 0.3 is 12.2 Å². The van der Waals surface area contributed by atoms with Crippen molar-refractivity contribution in [3.8, 4) is 0 Å². The molecule has 0 bridgehead atoms. The average molecular weight is 474 g/mol. The minimum atomic E-state index is -5.18. The van der Waals surface area contributed by atoms with Gasteiger partial charge in [-0.25, -0.2) is 9.18 Å². The van der Waals surface area contributed by atoms with E-state index in [2.05, 4.69) is 10.1 Å². The summed E-state index contributed by atoms with van der Waals surface area (Å²) < 4.78 is 63.0. The molecule has 1 aliphatic heterocycles. The highest BCUT2D eigenvalue weighted by atomic mass is 19.4. The van der Waals surface area contributed by atoms with E-state index < -0.39 is 24.0 Å². The maximum Gasteiger partial charge on any atom is 0.424 e. The van der Waals surface area contributed by atoms with Crippen LogP contribution >= 0.6 is 0 Å². The van der Waals surface area contributed by atoms with Crippen molar-refractivity contribution in [2.75, 3.05) is 44.4 Å². The van der Waals surface area contributed by atoms with Gasteiger partial charge in [-0.3, -0.25) is 4.90 Å². The molecule has 1 aromatic carbocycles. The lowest BCUT2D eigenvalue weighted by atomic mass is 9.94. The first-order valence-electron chi connectivity index (χ1n) is 10.5. The number of aliphatic hydroxyl groups is 1. The summed E-state index contributed by atoms with van der Waals surface area (Å²) in [7, 11) is 0. The second-order valence-corrected chi connectivity index (χ2v) is 7.76. The number of nitrogens with zero attached hydrogens (tertiary/aromatic N) is 4. The number of anilines is 1. The molecule has 12 heteroatoms. The topological polar surface area (TPSA) is 91.9 Å². The zero-order chi connectivity index (χ0) is 24.1. The van der Waals surface area contributed by atoms with Crippen molar-refractivity contribution in [1.29, 1.82) is 0 Å². The van der Waals surface area contributed by atoms with Crippen LogP contribution in [0.15, 0.2) is 28.8 Å². The number of ether oxygens (including phenoxy) is 1. The number of hydrogen-bond donors (Lipinski definition) is 1. The van der Waals surface area contributed by atoms with Crippen LogP contribution in [0.5, 0.6) is 0 Å². The van der Waals surface area contributed by atoms with Gasteiger partial charge in [-0.05, 0) is 37.5 Å². The summed E-state index contributed by atoms with van der Waals surface area (Å²) in [4.78, 5) is 20.3. The number of halogens is 4. The normalized spacial score (nSPS) is 16.5. The highest BCUT2D eigenvalue weighted by Gasteiger charge is 2.55. The fourth-order valence-electron chi connectivity index (χ4n) is 3.48. The molecule has 2 aromatic rings. The fourth-order valence-corrected chi connectivity index (χ4v) is 3.48. The Balaban J connectivity index is 1.75. The number of rotatable bonds is 8. The first-order valence-corrected chi connectivity index (χ1v) is 10.5. The van der Waals surface area contributed by atoms with Gasteiger partial charge in [0.2, 0.25) is 11.5 Å². The zero-order valence-electron chi connectivity index (χ0n) is 18.1. The summed E-state index contributed by atoms with van der Waals surface area (Å²) in [6.07, 6.45) is -3.45. The largest absolute Gasteiger partial charge is 0.424 e. The van der Waals surface area contributed by atoms with Crippen LogP contribution in [0, 0.1) is 6.92 Å². The van der Waals surface area contributed by atoms with E-state index in [1.54, 1.807) is 11.8 Å². The maximum atomic E-state index is 13.2. The molecule has 0 radical (unpaired) electrons. The van der Waals surface area contributed by atoms with Gasteiger partial charge in [0.25, 0.3) is 0 Å². The average Bonchev–Trinajstić information content (AvgIpc) is 3.23. The summed E-state index contributed by atoms with van der Waals surface area (Å²) in [6.45, 7) is 1.56. The molecule has 1 atom stereocenters. The van der Waals surface area contributed by atoms with E-state index in [-0.39, 0.29) is 12.6 Å². The Kier molecular flexibility index (Phi) is 7.90. The molecule has 2 heterocycles. The molecule has 1 fully saturated rings. The summed E-state index contributed by atoms with van der Waals surface area (Å²) >= 11 is 0. The zero-order valence-corrected chi connectivity index (χ0v) is 18.1. The number of aromatic nitrogens is 2. The SMILES string of the molecule is Cc1noc(CCCCN(C(=O)N2CCOCC2)c2ccc(C(O)(CF)C(F)(F)F)cc2)n1. The smallest absolute Gasteiger partial charge is 0.378 e. The lowest BCUT2D eigenvalue weighted by Gasteiger charge is -2.33. The second-order valence-electron chi connectivity index (χ2n) is 7.76. The molecule has 0 saturated carbocycles. The molecule has 3 rings (SSSR count). The molecule has 1 aliphatic rings. The molecule has 0 aliphatic carbocycles. The number of carbonyl (C=O) groups excluding carboxylic acids is 1. The van der Waals surface area contributed by atoms with E-state index in [0.717, 1.165) is 12.1 Å². The van der Waals surface area contributed by atoms with Crippen molar-refractivity contribution < 1.29 is 36.7 Å². The van der Waals surface area contributed by atoms with Crippen molar-refractivity contribution >= 4 is 11.7 Å². The standard InChI is InChI=1S/C21H26F4N4O4/c1-15-26-18(33-27-15)4-2-3-9-29(19(30)28-10-12-32-13-11-28)17-7-5-16(6-8-17)20(31,14-22)21(23,24)25/h5-8,31H,2-4,9-14H2,1H3. The van der Waals surface area contributed by atoms with Crippen LogP contribution in [0.2, 0.25) is 0 Å². The number of carbonyl (C=O) groups is 1. The van der Waals surface area contributed by atoms with E-state index in [1.165, 1.54) is 17.0 Å². The summed E-state index contributed by atoms with van der Waals surface area (Å²) in [5.74, 6) is 1.02. The van der Waals surface area contributed by atoms with Gasteiger partial charge in [-0.15, -0.1) is 0 Å². The van der Waals surface area contributed by atoms with Crippen molar-refractivity contribution in [3.63, 3.8) is 0 Å². The number of benzene rings is 1. The molecular formula is C21H26F4N4O4. The van der Waals surface area contributed by atoms with Crippen LogP contribution < -0.4 is 4.90 Å². The Morgan fingerprint density at radius 1 is 1.18 bits per heavy atom. The van der Waals surface area contributed by atoms with Gasteiger partial charge in [0.1, 0.15) is 6.67 Å². The van der Waals surface area contributed by atoms with Crippen LogP contribution in [-0.4, -0.2) is 71.9 Å². The molecule has 1 N–H and O–H groups in total. The summed E-state index contributed by atoms with van der Waals surface area (Å²) in [6, 6.07) is 4.23. The molecule has 182 valence electrons. The van der Waals surface area contributed by atoms with Crippen molar-refractivity contribution in [3.05, 3.63) is 41.5 Å². The quantitative estimate of drug-likeness (QED) is 0.466. The van der Waals surface area contributed by atoms with Gasteiger partial charge in [-0.1, -0.05) is 17.3 Å². The predicted octanol–water partition coefficient (Wildman–Crippen LogP) is 3.38. The number of amides is 2. The van der Waals surface area contributed by atoms with E-state index in [0.29, 0.717) is 63.0 Å². The van der Waals surface area contributed by atoms with Crippen LogP contribution in [0.3, 0.4) is 0 Å². The first-order chi connectivity index (χ1) is 15.7. The monoisotopic (exact) mass is 474 g/mol. The number of unbranched alkanes of at least 4 members (excludes halogenated alkanes) is 1. The molecule has 1 saturated heterocycles. The third kappa shape index (κ3) is 5.80. The van der Waals surface area contributed by atoms with Gasteiger partial charge in [-0.2, -0.15) is 18.2 Å². The third-order valence-electron chi connectivity index (χ3n) is 5.42. The molecule has 33 heavy (non-hydrogen) atoms. The maximum absolute atomic E-state index is 13.2. The minimum absolute atomic E-state index is 0.287. The van der Waals surface area contributed by atoms with Crippen LogP contribution in [-0.2, 0) is 16.8 Å². The Hall–Kier alpha value is -2.73. The number of urea groups is 1. The van der Waals surface area contributed by atoms with E-state index >= 15 is 0 Å². The third-order valence-corrected chi connectivity index (χ3v) is 5.42. The molecule has 0 spiro atoms. The number of morpholine rings is 1. The summed E-state index contributed by atoms with van der Waals surface area (Å²) in [5.41, 5.74) is -3.90. The van der Waals surface area contributed by atoms with Gasteiger partial charge in [0.15, 0.2) is 5.82 Å². The Bertz CT molecular complexity index is 916. The second kappa shape index (κ2) is 10.5. The number of aryl methyl sites for hydroxylation is 2. The predicted molar refractivity (Wildman–Crippen MR) is 109 cm³/mol. The Morgan fingerprint density at radius 3 is 2.39 bits per heavy atom. The van der Waals surface area contributed by atoms with Gasteiger partial charge < -0.3 is 19.3 Å². The lowest BCUT2D eigenvalue weighted by molar-refractivity contribution is -0.271. The van der Waals surface area contributed by atoms with Crippen LogP contribution in [0.25, 0.3) is 0 Å². The molecule has 8 nitrogen and oxygen atoms in total. The fraction of sp³-hybridized carbons (Fsp3) is 0.571. The Morgan fingerprint density at radius 2 is 1.85 bits per heavy atom. The molecule has 2 amide bonds. The first kappa shape index (κ1) is 24.9. The van der Waals surface area contributed by atoms with Gasteiger partial charge in [0, 0.05) is 31.7 Å². The molecule has 1 unspecified atom stereocenters. The van der Waals surface area contributed by atoms with Crippen molar-refractivity contribution in [2.24, 2.45) is 0 Å². The van der Waals surface area contributed by atoms with Gasteiger partial charge in [0.05, 0.1) is 13.2 Å². The minimum Gasteiger partial charge on any atom is -0.378 e.